The second-order valence-electron chi connectivity index (χ2n) is 12.5. The number of hydrogen-bond donors (Lipinski definition) is 1. The lowest BCUT2D eigenvalue weighted by molar-refractivity contribution is 0.0270. The summed E-state index contributed by atoms with van der Waals surface area (Å²) in [5.74, 6) is 1.65. The largest absolute Gasteiger partial charge is 0.493 e. The van der Waals surface area contributed by atoms with Crippen molar-refractivity contribution in [1.29, 1.82) is 0 Å². The van der Waals surface area contributed by atoms with E-state index in [0.717, 1.165) is 5.57 Å². The summed E-state index contributed by atoms with van der Waals surface area (Å²) in [4.78, 5) is 50.4. The molecule has 1 aliphatic heterocycles. The van der Waals surface area contributed by atoms with Crippen molar-refractivity contribution in [2.75, 3.05) is 32.6 Å². The highest BCUT2D eigenvalue weighted by Crippen LogP contribution is 2.37. The maximum atomic E-state index is 13.7. The monoisotopic (exact) mass is 675 g/mol. The minimum absolute atomic E-state index is 0.0587. The SMILES string of the molecule is COc1cc2nccc(Oc3ccc(NC(=O)c4cc(C5=CCN(C(=O)OC(C)(C)C)CC5)cn(-c5ccccc5)c4=O)nc3)c2cc1OC. The van der Waals surface area contributed by atoms with E-state index in [1.54, 1.807) is 80.0 Å². The third-order valence-corrected chi connectivity index (χ3v) is 7.94. The van der Waals surface area contributed by atoms with Gasteiger partial charge in [-0.15, -0.1) is 0 Å². The number of ether oxygens (including phenoxy) is 4. The van der Waals surface area contributed by atoms with Crippen molar-refractivity contribution in [3.63, 3.8) is 0 Å². The molecule has 0 fully saturated rings. The molecule has 6 rings (SSSR count). The number of anilines is 1. The van der Waals surface area contributed by atoms with Crippen LogP contribution in [0.15, 0.2) is 96.2 Å². The van der Waals surface area contributed by atoms with Gasteiger partial charge in [0, 0.05) is 42.6 Å². The molecule has 4 heterocycles. The Hall–Kier alpha value is -6.17. The molecule has 1 aliphatic rings. The molecule has 2 amide bonds. The fraction of sp³-hybridized carbons (Fsp3) is 0.237. The van der Waals surface area contributed by atoms with Crippen LogP contribution in [0.1, 0.15) is 43.1 Å². The van der Waals surface area contributed by atoms with Crippen LogP contribution >= 0.6 is 0 Å². The van der Waals surface area contributed by atoms with Crippen LogP contribution in [-0.2, 0) is 4.74 Å². The van der Waals surface area contributed by atoms with Crippen molar-refractivity contribution in [1.82, 2.24) is 19.4 Å². The number of pyridine rings is 3. The summed E-state index contributed by atoms with van der Waals surface area (Å²) in [7, 11) is 3.11. The van der Waals surface area contributed by atoms with Gasteiger partial charge in [-0.3, -0.25) is 19.1 Å². The minimum Gasteiger partial charge on any atom is -0.493 e. The van der Waals surface area contributed by atoms with Gasteiger partial charge in [-0.25, -0.2) is 9.78 Å². The molecule has 2 aromatic carbocycles. The Balaban J connectivity index is 1.24. The minimum atomic E-state index is -0.615. The van der Waals surface area contributed by atoms with Crippen molar-refractivity contribution >= 4 is 34.3 Å². The third-order valence-electron chi connectivity index (χ3n) is 7.94. The van der Waals surface area contributed by atoms with E-state index in [9.17, 15) is 14.4 Å². The summed E-state index contributed by atoms with van der Waals surface area (Å²) in [5.41, 5.74) is 1.72. The number of nitrogens with one attached hydrogen (secondary N) is 1. The highest BCUT2D eigenvalue weighted by Gasteiger charge is 2.25. The number of amides is 2. The molecule has 0 bridgehead atoms. The lowest BCUT2D eigenvalue weighted by Gasteiger charge is -2.29. The summed E-state index contributed by atoms with van der Waals surface area (Å²) in [6, 6.07) is 19.2. The fourth-order valence-corrected chi connectivity index (χ4v) is 5.49. The number of rotatable bonds is 8. The van der Waals surface area contributed by atoms with Gasteiger partial charge in [0.1, 0.15) is 28.5 Å². The number of carbonyl (C=O) groups excluding carboxylic acids is 2. The number of carbonyl (C=O) groups is 2. The Kier molecular flexibility index (Phi) is 9.53. The molecule has 256 valence electrons. The van der Waals surface area contributed by atoms with Crippen molar-refractivity contribution in [2.45, 2.75) is 32.8 Å². The normalized spacial score (nSPS) is 13.0. The van der Waals surface area contributed by atoms with Gasteiger partial charge in [-0.1, -0.05) is 24.3 Å². The lowest BCUT2D eigenvalue weighted by atomic mass is 9.99. The fourth-order valence-electron chi connectivity index (χ4n) is 5.49. The van der Waals surface area contributed by atoms with Gasteiger partial charge >= 0.3 is 6.09 Å². The predicted molar refractivity (Wildman–Crippen MR) is 190 cm³/mol. The summed E-state index contributed by atoms with van der Waals surface area (Å²) < 4.78 is 23.9. The zero-order valence-corrected chi connectivity index (χ0v) is 28.4. The zero-order valence-electron chi connectivity index (χ0n) is 28.4. The second-order valence-corrected chi connectivity index (χ2v) is 12.5. The number of nitrogens with zero attached hydrogens (tertiary/aromatic N) is 4. The van der Waals surface area contributed by atoms with Gasteiger partial charge in [-0.05, 0) is 80.8 Å². The Morgan fingerprint density at radius 2 is 1.66 bits per heavy atom. The molecule has 3 aromatic heterocycles. The van der Waals surface area contributed by atoms with Gasteiger partial charge in [0.15, 0.2) is 11.5 Å². The Morgan fingerprint density at radius 1 is 0.900 bits per heavy atom. The molecule has 0 saturated heterocycles. The van der Waals surface area contributed by atoms with E-state index >= 15 is 0 Å². The maximum absolute atomic E-state index is 13.7. The van der Waals surface area contributed by atoms with Crippen molar-refractivity contribution in [3.05, 3.63) is 113 Å². The van der Waals surface area contributed by atoms with Crippen molar-refractivity contribution < 1.29 is 28.5 Å². The van der Waals surface area contributed by atoms with Gasteiger partial charge in [0.2, 0.25) is 0 Å². The number of benzene rings is 2. The van der Waals surface area contributed by atoms with E-state index in [0.29, 0.717) is 64.7 Å². The average Bonchev–Trinajstić information content (AvgIpc) is 3.11. The van der Waals surface area contributed by atoms with E-state index in [-0.39, 0.29) is 17.5 Å². The van der Waals surface area contributed by atoms with E-state index in [1.807, 2.05) is 45.0 Å². The third kappa shape index (κ3) is 7.44. The first-order valence-electron chi connectivity index (χ1n) is 16.0. The van der Waals surface area contributed by atoms with E-state index < -0.39 is 17.1 Å². The standard InChI is InChI=1S/C38H37N5O7/c1-38(2,3)50-37(46)42-17-14-24(15-18-42)25-19-29(36(45)43(23-25)26-9-7-6-8-10-26)35(44)41-34-12-11-27(22-40-34)49-31-13-16-39-30-21-33(48-5)32(47-4)20-28(30)31/h6-14,16,19-23H,15,17-18H2,1-5H3,(H,40,41,44). The number of aromatic nitrogens is 3. The summed E-state index contributed by atoms with van der Waals surface area (Å²) in [5, 5.41) is 3.46. The van der Waals surface area contributed by atoms with Crippen LogP contribution in [0.3, 0.4) is 0 Å². The van der Waals surface area contributed by atoms with Crippen LogP contribution in [0.4, 0.5) is 10.6 Å². The van der Waals surface area contributed by atoms with Crippen LogP contribution in [0.2, 0.25) is 0 Å². The van der Waals surface area contributed by atoms with Crippen LogP contribution < -0.4 is 25.1 Å². The van der Waals surface area contributed by atoms with E-state index in [4.69, 9.17) is 18.9 Å². The van der Waals surface area contributed by atoms with Gasteiger partial charge in [0.25, 0.3) is 11.5 Å². The molecule has 12 heteroatoms. The van der Waals surface area contributed by atoms with Gasteiger partial charge < -0.3 is 29.2 Å². The van der Waals surface area contributed by atoms with Crippen LogP contribution in [0.25, 0.3) is 22.2 Å². The van der Waals surface area contributed by atoms with Crippen molar-refractivity contribution in [3.8, 4) is 28.7 Å². The maximum Gasteiger partial charge on any atom is 0.410 e. The zero-order chi connectivity index (χ0) is 35.4. The number of para-hydroxylation sites is 1. The molecule has 50 heavy (non-hydrogen) atoms. The topological polar surface area (TPSA) is 134 Å². The molecule has 12 nitrogen and oxygen atoms in total. The van der Waals surface area contributed by atoms with Crippen LogP contribution in [0, 0.1) is 0 Å². The first-order valence-corrected chi connectivity index (χ1v) is 16.0. The summed E-state index contributed by atoms with van der Waals surface area (Å²) in [6.07, 6.45) is 6.88. The second kappa shape index (κ2) is 14.1. The van der Waals surface area contributed by atoms with Gasteiger partial charge in [-0.2, -0.15) is 0 Å². The van der Waals surface area contributed by atoms with Crippen molar-refractivity contribution in [2.24, 2.45) is 0 Å². The Labute approximate surface area is 288 Å². The van der Waals surface area contributed by atoms with E-state index in [1.165, 1.54) is 10.8 Å². The molecular formula is C38H37N5O7. The molecule has 0 aliphatic carbocycles. The first-order chi connectivity index (χ1) is 24.0. The molecular weight excluding hydrogens is 638 g/mol. The average molecular weight is 676 g/mol. The van der Waals surface area contributed by atoms with Crippen LogP contribution in [0.5, 0.6) is 23.0 Å². The highest BCUT2D eigenvalue weighted by molar-refractivity contribution is 6.04. The number of methoxy groups -OCH3 is 2. The van der Waals surface area contributed by atoms with Gasteiger partial charge in [0.05, 0.1) is 25.9 Å². The lowest BCUT2D eigenvalue weighted by Crippen LogP contribution is -2.39. The number of fused-ring (bicyclic) bond motifs is 1. The molecule has 0 saturated carbocycles. The highest BCUT2D eigenvalue weighted by atomic mass is 16.6. The quantitative estimate of drug-likeness (QED) is 0.187. The molecule has 0 atom stereocenters. The smallest absolute Gasteiger partial charge is 0.410 e. The molecule has 0 unspecified atom stereocenters. The molecule has 0 radical (unpaired) electrons. The summed E-state index contributed by atoms with van der Waals surface area (Å²) >= 11 is 0. The van der Waals surface area contributed by atoms with E-state index in [2.05, 4.69) is 15.3 Å². The summed E-state index contributed by atoms with van der Waals surface area (Å²) in [6.45, 7) is 6.25. The first kappa shape index (κ1) is 33.7. The molecule has 5 aromatic rings. The predicted octanol–water partition coefficient (Wildman–Crippen LogP) is 6.87. The number of hydrogen-bond acceptors (Lipinski definition) is 9. The Bertz CT molecular complexity index is 2140. The molecule has 0 spiro atoms. The Morgan fingerprint density at radius 3 is 2.32 bits per heavy atom. The van der Waals surface area contributed by atoms with Crippen LogP contribution in [-0.4, -0.2) is 64.3 Å². The molecule has 1 N–H and O–H groups in total.